The van der Waals surface area contributed by atoms with Gasteiger partial charge in [-0.25, -0.2) is 0 Å². The number of hydrogen-bond acceptors (Lipinski definition) is 3. The lowest BCUT2D eigenvalue weighted by atomic mass is 10.1. The molecule has 2 aliphatic rings. The second-order valence-electron chi connectivity index (χ2n) is 7.72. The maximum atomic E-state index is 13.2. The summed E-state index contributed by atoms with van der Waals surface area (Å²) in [7, 11) is 0. The maximum absolute atomic E-state index is 13.2. The summed E-state index contributed by atoms with van der Waals surface area (Å²) in [5.41, 5.74) is 0.799. The number of anilines is 3. The topological polar surface area (TPSA) is 61.4 Å². The Kier molecular flexibility index (Phi) is 5.40. The monoisotopic (exact) mass is 417 g/mol. The molecular formula is C22H22F3N3O2. The van der Waals surface area contributed by atoms with E-state index in [0.717, 1.165) is 50.9 Å². The molecule has 0 spiro atoms. The van der Waals surface area contributed by atoms with Crippen LogP contribution in [0.5, 0.6) is 0 Å². The van der Waals surface area contributed by atoms with Crippen molar-refractivity contribution >= 4 is 28.9 Å². The number of amides is 2. The summed E-state index contributed by atoms with van der Waals surface area (Å²) in [6.45, 7) is 1.48. The van der Waals surface area contributed by atoms with Crippen molar-refractivity contribution in [3.63, 3.8) is 0 Å². The van der Waals surface area contributed by atoms with E-state index < -0.39 is 17.6 Å². The van der Waals surface area contributed by atoms with Gasteiger partial charge in [-0.05, 0) is 68.1 Å². The molecular weight excluding hydrogens is 395 g/mol. The van der Waals surface area contributed by atoms with Gasteiger partial charge < -0.3 is 15.5 Å². The molecule has 0 unspecified atom stereocenters. The molecule has 158 valence electrons. The van der Waals surface area contributed by atoms with Gasteiger partial charge in [-0.1, -0.05) is 0 Å². The highest BCUT2D eigenvalue weighted by Crippen LogP contribution is 2.37. The van der Waals surface area contributed by atoms with Gasteiger partial charge in [0.05, 0.1) is 16.9 Å². The third kappa shape index (κ3) is 4.58. The van der Waals surface area contributed by atoms with Crippen LogP contribution in [0.25, 0.3) is 0 Å². The summed E-state index contributed by atoms with van der Waals surface area (Å²) >= 11 is 0. The Morgan fingerprint density at radius 1 is 0.933 bits per heavy atom. The standard InChI is InChI=1S/C22H22F3N3O2/c23-22(24,25)16-7-10-19(28-11-1-2-12-28)18(13-16)27-21(30)15-5-8-17(9-6-15)26-20(29)14-3-4-14/h5-10,13-14H,1-4,11-12H2,(H,26,29)(H,27,30). The van der Waals surface area contributed by atoms with Crippen LogP contribution >= 0.6 is 0 Å². The number of halogens is 3. The minimum atomic E-state index is -4.50. The Morgan fingerprint density at radius 3 is 2.20 bits per heavy atom. The van der Waals surface area contributed by atoms with Gasteiger partial charge in [0.25, 0.3) is 5.91 Å². The lowest BCUT2D eigenvalue weighted by molar-refractivity contribution is -0.137. The van der Waals surface area contributed by atoms with E-state index in [1.807, 2.05) is 4.90 Å². The van der Waals surface area contributed by atoms with Crippen molar-refractivity contribution < 1.29 is 22.8 Å². The van der Waals surface area contributed by atoms with Crippen molar-refractivity contribution in [2.45, 2.75) is 31.9 Å². The fraction of sp³-hybridized carbons (Fsp3) is 0.364. The molecule has 1 saturated heterocycles. The molecule has 5 nitrogen and oxygen atoms in total. The largest absolute Gasteiger partial charge is 0.416 e. The molecule has 1 saturated carbocycles. The molecule has 0 radical (unpaired) electrons. The van der Waals surface area contributed by atoms with Gasteiger partial charge in [0.2, 0.25) is 5.91 Å². The van der Waals surface area contributed by atoms with Crippen molar-refractivity contribution in [3.8, 4) is 0 Å². The van der Waals surface area contributed by atoms with Crippen molar-refractivity contribution in [3.05, 3.63) is 53.6 Å². The fourth-order valence-electron chi connectivity index (χ4n) is 3.54. The second-order valence-corrected chi connectivity index (χ2v) is 7.72. The lowest BCUT2D eigenvalue weighted by Crippen LogP contribution is -2.22. The molecule has 2 aromatic carbocycles. The third-order valence-corrected chi connectivity index (χ3v) is 5.38. The molecule has 1 heterocycles. The van der Waals surface area contributed by atoms with Crippen LogP contribution in [0.4, 0.5) is 30.2 Å². The molecule has 2 amide bonds. The van der Waals surface area contributed by atoms with Gasteiger partial charge >= 0.3 is 6.18 Å². The van der Waals surface area contributed by atoms with Crippen molar-refractivity contribution in [1.82, 2.24) is 0 Å². The molecule has 8 heteroatoms. The van der Waals surface area contributed by atoms with Gasteiger partial charge in [0.15, 0.2) is 0 Å². The summed E-state index contributed by atoms with van der Waals surface area (Å²) in [6.07, 6.45) is -0.791. The summed E-state index contributed by atoms with van der Waals surface area (Å²) in [6, 6.07) is 9.75. The number of benzene rings is 2. The van der Waals surface area contributed by atoms with Crippen LogP contribution in [0.15, 0.2) is 42.5 Å². The fourth-order valence-corrected chi connectivity index (χ4v) is 3.54. The minimum absolute atomic E-state index is 0.0357. The Balaban J connectivity index is 1.53. The zero-order valence-electron chi connectivity index (χ0n) is 16.3. The SMILES string of the molecule is O=C(Nc1cc(C(F)(F)F)ccc1N1CCCC1)c1ccc(NC(=O)C2CC2)cc1. The number of nitrogens with one attached hydrogen (secondary N) is 2. The molecule has 1 aliphatic carbocycles. The summed E-state index contributed by atoms with van der Waals surface area (Å²) in [5, 5.41) is 5.42. The van der Waals surface area contributed by atoms with E-state index in [1.54, 1.807) is 24.3 Å². The van der Waals surface area contributed by atoms with E-state index in [2.05, 4.69) is 10.6 Å². The van der Waals surface area contributed by atoms with E-state index in [0.29, 0.717) is 16.9 Å². The molecule has 30 heavy (non-hydrogen) atoms. The van der Waals surface area contributed by atoms with E-state index in [4.69, 9.17) is 0 Å². The van der Waals surface area contributed by atoms with E-state index in [-0.39, 0.29) is 17.5 Å². The Bertz CT molecular complexity index is 947. The van der Waals surface area contributed by atoms with Crippen LogP contribution in [0.2, 0.25) is 0 Å². The number of carbonyl (C=O) groups excluding carboxylic acids is 2. The second kappa shape index (κ2) is 8.01. The average molecular weight is 417 g/mol. The zero-order valence-corrected chi connectivity index (χ0v) is 16.3. The molecule has 2 fully saturated rings. The van der Waals surface area contributed by atoms with E-state index >= 15 is 0 Å². The van der Waals surface area contributed by atoms with Crippen LogP contribution in [0, 0.1) is 5.92 Å². The van der Waals surface area contributed by atoms with Gasteiger partial charge in [-0.3, -0.25) is 9.59 Å². The minimum Gasteiger partial charge on any atom is -0.370 e. The highest BCUT2D eigenvalue weighted by atomic mass is 19.4. The van der Waals surface area contributed by atoms with Crippen molar-refractivity contribution in [2.75, 3.05) is 28.6 Å². The van der Waals surface area contributed by atoms with Crippen LogP contribution < -0.4 is 15.5 Å². The Hall–Kier alpha value is -3.03. The summed E-state index contributed by atoms with van der Waals surface area (Å²) in [5.74, 6) is -0.473. The maximum Gasteiger partial charge on any atom is 0.416 e. The number of hydrogen-bond donors (Lipinski definition) is 2. The summed E-state index contributed by atoms with van der Waals surface area (Å²) < 4.78 is 39.6. The predicted octanol–water partition coefficient (Wildman–Crippen LogP) is 4.91. The first-order chi connectivity index (χ1) is 14.3. The zero-order chi connectivity index (χ0) is 21.3. The molecule has 0 bridgehead atoms. The molecule has 0 aromatic heterocycles. The quantitative estimate of drug-likeness (QED) is 0.727. The number of alkyl halides is 3. The molecule has 2 N–H and O–H groups in total. The number of nitrogens with zero attached hydrogens (tertiary/aromatic N) is 1. The molecule has 1 aliphatic heterocycles. The highest BCUT2D eigenvalue weighted by molar-refractivity contribution is 6.06. The first-order valence-electron chi connectivity index (χ1n) is 10.00. The van der Waals surface area contributed by atoms with E-state index in [9.17, 15) is 22.8 Å². The van der Waals surface area contributed by atoms with Crippen LogP contribution in [-0.2, 0) is 11.0 Å². The molecule has 0 atom stereocenters. The van der Waals surface area contributed by atoms with Crippen molar-refractivity contribution in [2.24, 2.45) is 5.92 Å². The van der Waals surface area contributed by atoms with Gasteiger partial charge in [0.1, 0.15) is 0 Å². The lowest BCUT2D eigenvalue weighted by Gasteiger charge is -2.23. The van der Waals surface area contributed by atoms with Crippen LogP contribution in [0.3, 0.4) is 0 Å². The first kappa shape index (κ1) is 20.3. The van der Waals surface area contributed by atoms with Crippen molar-refractivity contribution in [1.29, 1.82) is 0 Å². The Morgan fingerprint density at radius 2 is 1.60 bits per heavy atom. The van der Waals surface area contributed by atoms with E-state index in [1.165, 1.54) is 6.07 Å². The molecule has 4 rings (SSSR count). The first-order valence-corrected chi connectivity index (χ1v) is 10.00. The number of carbonyl (C=O) groups is 2. The van der Waals surface area contributed by atoms with Gasteiger partial charge in [-0.15, -0.1) is 0 Å². The number of rotatable bonds is 5. The average Bonchev–Trinajstić information content (AvgIpc) is 3.43. The Labute approximate surface area is 172 Å². The normalized spacial score (nSPS) is 16.4. The third-order valence-electron chi connectivity index (χ3n) is 5.38. The van der Waals surface area contributed by atoms with Gasteiger partial charge in [-0.2, -0.15) is 13.2 Å². The molecule has 2 aromatic rings. The van der Waals surface area contributed by atoms with Gasteiger partial charge in [0, 0.05) is 30.3 Å². The predicted molar refractivity (Wildman–Crippen MR) is 109 cm³/mol. The summed E-state index contributed by atoms with van der Waals surface area (Å²) in [4.78, 5) is 26.5. The smallest absolute Gasteiger partial charge is 0.370 e. The van der Waals surface area contributed by atoms with Crippen LogP contribution in [0.1, 0.15) is 41.6 Å². The highest BCUT2D eigenvalue weighted by Gasteiger charge is 2.32. The van der Waals surface area contributed by atoms with Crippen LogP contribution in [-0.4, -0.2) is 24.9 Å².